The second kappa shape index (κ2) is 7.55. The lowest BCUT2D eigenvalue weighted by atomic mass is 10.0. The predicted molar refractivity (Wildman–Crippen MR) is 110 cm³/mol. The molecule has 26 heavy (non-hydrogen) atoms. The van der Waals surface area contributed by atoms with Gasteiger partial charge in [-0.05, 0) is 56.5 Å². The van der Waals surface area contributed by atoms with Crippen molar-refractivity contribution in [3.8, 4) is 17.3 Å². The fraction of sp³-hybridized carbons (Fsp3) is 0.182. The number of rotatable bonds is 4. The van der Waals surface area contributed by atoms with E-state index >= 15 is 0 Å². The Balaban J connectivity index is 1.86. The lowest BCUT2D eigenvalue weighted by molar-refractivity contribution is 1.32. The maximum absolute atomic E-state index is 9.54. The zero-order valence-corrected chi connectivity index (χ0v) is 16.2. The summed E-state index contributed by atoms with van der Waals surface area (Å²) in [6, 6.07) is 14.7. The number of nitriles is 1. The van der Waals surface area contributed by atoms with Crippen molar-refractivity contribution in [2.75, 3.05) is 5.32 Å². The zero-order valence-electron chi connectivity index (χ0n) is 15.4. The molecule has 0 aliphatic carbocycles. The molecule has 0 aliphatic rings. The highest BCUT2D eigenvalue weighted by atomic mass is 32.1. The van der Waals surface area contributed by atoms with Crippen molar-refractivity contribution in [1.29, 1.82) is 5.26 Å². The van der Waals surface area contributed by atoms with Crippen LogP contribution in [0.15, 0.2) is 48.0 Å². The third kappa shape index (κ3) is 3.84. The van der Waals surface area contributed by atoms with Crippen LogP contribution in [0.25, 0.3) is 16.8 Å². The summed E-state index contributed by atoms with van der Waals surface area (Å²) in [4.78, 5) is 4.67. The first-order valence-electron chi connectivity index (χ1n) is 8.45. The molecule has 0 fully saturated rings. The summed E-state index contributed by atoms with van der Waals surface area (Å²) >= 11 is 1.49. The van der Waals surface area contributed by atoms with E-state index < -0.39 is 0 Å². The summed E-state index contributed by atoms with van der Waals surface area (Å²) in [5.74, 6) is 0. The van der Waals surface area contributed by atoms with Crippen LogP contribution in [-0.4, -0.2) is 4.98 Å². The van der Waals surface area contributed by atoms with Crippen LogP contribution >= 0.6 is 11.3 Å². The van der Waals surface area contributed by atoms with Crippen molar-refractivity contribution in [2.24, 2.45) is 0 Å². The quantitative estimate of drug-likeness (QED) is 0.579. The number of anilines is 1. The Hall–Kier alpha value is -2.90. The summed E-state index contributed by atoms with van der Waals surface area (Å²) < 4.78 is 0. The molecule has 0 saturated carbocycles. The molecular weight excluding hydrogens is 338 g/mol. The van der Waals surface area contributed by atoms with E-state index in [9.17, 15) is 5.26 Å². The monoisotopic (exact) mass is 359 g/mol. The number of nitrogens with one attached hydrogen (secondary N) is 1. The van der Waals surface area contributed by atoms with E-state index in [0.29, 0.717) is 5.57 Å². The van der Waals surface area contributed by atoms with Crippen LogP contribution in [-0.2, 0) is 0 Å². The third-order valence-electron chi connectivity index (χ3n) is 4.40. The van der Waals surface area contributed by atoms with Crippen LogP contribution in [0.2, 0.25) is 0 Å². The summed E-state index contributed by atoms with van der Waals surface area (Å²) in [6.45, 7) is 8.33. The van der Waals surface area contributed by atoms with Gasteiger partial charge in [-0.15, -0.1) is 11.3 Å². The smallest absolute Gasteiger partial charge is 0.136 e. The van der Waals surface area contributed by atoms with Gasteiger partial charge in [-0.25, -0.2) is 4.98 Å². The minimum Gasteiger partial charge on any atom is -0.360 e. The van der Waals surface area contributed by atoms with E-state index in [1.165, 1.54) is 33.6 Å². The molecule has 0 amide bonds. The van der Waals surface area contributed by atoms with Crippen LogP contribution in [0.3, 0.4) is 0 Å². The molecule has 1 heterocycles. The van der Waals surface area contributed by atoms with Crippen molar-refractivity contribution in [1.82, 2.24) is 4.98 Å². The van der Waals surface area contributed by atoms with E-state index in [1.807, 2.05) is 11.4 Å². The average molecular weight is 359 g/mol. The van der Waals surface area contributed by atoms with Crippen molar-refractivity contribution in [3.63, 3.8) is 0 Å². The molecule has 0 radical (unpaired) electrons. The van der Waals surface area contributed by atoms with E-state index in [4.69, 9.17) is 0 Å². The third-order valence-corrected chi connectivity index (χ3v) is 5.28. The van der Waals surface area contributed by atoms with Crippen LogP contribution < -0.4 is 5.32 Å². The molecule has 0 atom stereocenters. The SMILES string of the molecule is Cc1ccc(-c2csc(/C(C#N)=C/Nc3ccc(C)c(C)c3)n2)c(C)c1. The largest absolute Gasteiger partial charge is 0.360 e. The van der Waals surface area contributed by atoms with Gasteiger partial charge in [0.2, 0.25) is 0 Å². The van der Waals surface area contributed by atoms with Gasteiger partial charge in [0.25, 0.3) is 0 Å². The minimum absolute atomic E-state index is 0.532. The Morgan fingerprint density at radius 2 is 1.85 bits per heavy atom. The number of aromatic nitrogens is 1. The lowest BCUT2D eigenvalue weighted by Gasteiger charge is -2.05. The molecule has 0 unspecified atom stereocenters. The predicted octanol–water partition coefficient (Wildman–Crippen LogP) is 6.02. The number of hydrogen-bond donors (Lipinski definition) is 1. The lowest BCUT2D eigenvalue weighted by Crippen LogP contribution is -1.92. The second-order valence-electron chi connectivity index (χ2n) is 6.47. The Labute approximate surface area is 158 Å². The van der Waals surface area contributed by atoms with Crippen molar-refractivity contribution in [3.05, 3.63) is 75.2 Å². The van der Waals surface area contributed by atoms with Gasteiger partial charge < -0.3 is 5.32 Å². The number of nitrogens with zero attached hydrogens (tertiary/aromatic N) is 2. The van der Waals surface area contributed by atoms with Gasteiger partial charge in [-0.3, -0.25) is 0 Å². The Morgan fingerprint density at radius 3 is 2.54 bits per heavy atom. The van der Waals surface area contributed by atoms with Gasteiger partial charge in [0.15, 0.2) is 0 Å². The summed E-state index contributed by atoms with van der Waals surface area (Å²) in [6.07, 6.45) is 1.73. The molecule has 0 saturated heterocycles. The average Bonchev–Trinajstić information content (AvgIpc) is 3.08. The van der Waals surface area contributed by atoms with E-state index in [1.54, 1.807) is 6.20 Å². The molecule has 3 nitrogen and oxygen atoms in total. The first kappa shape index (κ1) is 17.9. The number of hydrogen-bond acceptors (Lipinski definition) is 4. The van der Waals surface area contributed by atoms with E-state index in [2.05, 4.69) is 74.4 Å². The van der Waals surface area contributed by atoms with Crippen LogP contribution in [0, 0.1) is 39.0 Å². The Bertz CT molecular complexity index is 1020. The van der Waals surface area contributed by atoms with Crippen LogP contribution in [0.1, 0.15) is 27.3 Å². The fourth-order valence-corrected chi connectivity index (χ4v) is 3.54. The van der Waals surface area contributed by atoms with Gasteiger partial charge in [0, 0.05) is 22.8 Å². The summed E-state index contributed by atoms with van der Waals surface area (Å²) in [5, 5.41) is 15.5. The molecule has 0 spiro atoms. The second-order valence-corrected chi connectivity index (χ2v) is 7.33. The van der Waals surface area contributed by atoms with Crippen LogP contribution in [0.4, 0.5) is 5.69 Å². The number of aryl methyl sites for hydroxylation is 4. The zero-order chi connectivity index (χ0) is 18.7. The Kier molecular flexibility index (Phi) is 5.20. The van der Waals surface area contributed by atoms with E-state index in [0.717, 1.165) is 22.0 Å². The van der Waals surface area contributed by atoms with Crippen molar-refractivity contribution >= 4 is 22.6 Å². The van der Waals surface area contributed by atoms with Gasteiger partial charge in [-0.2, -0.15) is 5.26 Å². The van der Waals surface area contributed by atoms with Crippen molar-refractivity contribution < 1.29 is 0 Å². The van der Waals surface area contributed by atoms with Gasteiger partial charge in [0.1, 0.15) is 16.6 Å². The maximum Gasteiger partial charge on any atom is 0.136 e. The highest BCUT2D eigenvalue weighted by molar-refractivity contribution is 7.11. The molecule has 4 heteroatoms. The molecule has 1 N–H and O–H groups in total. The van der Waals surface area contributed by atoms with Crippen molar-refractivity contribution in [2.45, 2.75) is 27.7 Å². The molecule has 0 aliphatic heterocycles. The topological polar surface area (TPSA) is 48.7 Å². The molecule has 130 valence electrons. The number of thiazole rings is 1. The highest BCUT2D eigenvalue weighted by Gasteiger charge is 2.10. The standard InChI is InChI=1S/C22H21N3S/c1-14-5-8-20(17(4)9-14)21-13-26-22(25-21)18(11-23)12-24-19-7-6-15(2)16(3)10-19/h5-10,12-13,24H,1-4H3/b18-12+. The first-order chi connectivity index (χ1) is 12.5. The molecule has 3 rings (SSSR count). The van der Waals surface area contributed by atoms with Gasteiger partial charge >= 0.3 is 0 Å². The highest BCUT2D eigenvalue weighted by Crippen LogP contribution is 2.28. The summed E-state index contributed by atoms with van der Waals surface area (Å²) in [7, 11) is 0. The van der Waals surface area contributed by atoms with Gasteiger partial charge in [0.05, 0.1) is 5.69 Å². The first-order valence-corrected chi connectivity index (χ1v) is 9.33. The molecule has 0 bridgehead atoms. The number of allylic oxidation sites excluding steroid dienone is 1. The molecular formula is C22H21N3S. The Morgan fingerprint density at radius 1 is 1.04 bits per heavy atom. The maximum atomic E-state index is 9.54. The minimum atomic E-state index is 0.532. The summed E-state index contributed by atoms with van der Waals surface area (Å²) in [5.41, 5.74) is 8.41. The molecule has 1 aromatic heterocycles. The normalized spacial score (nSPS) is 11.3. The fourth-order valence-electron chi connectivity index (χ4n) is 2.75. The number of benzene rings is 2. The van der Waals surface area contributed by atoms with Crippen LogP contribution in [0.5, 0.6) is 0 Å². The van der Waals surface area contributed by atoms with Gasteiger partial charge in [-0.1, -0.05) is 29.8 Å². The molecule has 3 aromatic rings. The molecule has 2 aromatic carbocycles. The van der Waals surface area contributed by atoms with E-state index in [-0.39, 0.29) is 0 Å².